The van der Waals surface area contributed by atoms with Gasteiger partial charge in [-0.05, 0) is 24.6 Å². The first-order chi connectivity index (χ1) is 10.2. The molecule has 1 unspecified atom stereocenters. The molecule has 5 nitrogen and oxygen atoms in total. The number of aromatic nitrogens is 2. The van der Waals surface area contributed by atoms with Crippen LogP contribution in [-0.4, -0.2) is 22.4 Å². The van der Waals surface area contributed by atoms with Gasteiger partial charge in [-0.1, -0.05) is 24.0 Å². The largest absolute Gasteiger partial charge is 0.344 e. The van der Waals surface area contributed by atoms with E-state index in [0.717, 1.165) is 11.1 Å². The lowest BCUT2D eigenvalue weighted by Gasteiger charge is -2.14. The summed E-state index contributed by atoms with van der Waals surface area (Å²) in [5.74, 6) is 5.53. The van der Waals surface area contributed by atoms with Crippen molar-refractivity contribution in [3.8, 4) is 11.8 Å². The highest BCUT2D eigenvalue weighted by Gasteiger charge is 2.12. The molecule has 1 aromatic heterocycles. The van der Waals surface area contributed by atoms with Crippen LogP contribution in [0.3, 0.4) is 0 Å². The molecule has 1 heterocycles. The van der Waals surface area contributed by atoms with Crippen molar-refractivity contribution in [1.29, 1.82) is 0 Å². The average molecular weight is 280 g/mol. The van der Waals surface area contributed by atoms with Crippen molar-refractivity contribution in [2.75, 3.05) is 6.54 Å². The Labute approximate surface area is 123 Å². The van der Waals surface area contributed by atoms with Crippen LogP contribution in [0.25, 0.3) is 0 Å². The number of nitrogens with zero attached hydrogens (tertiary/aromatic N) is 2. The Morgan fingerprint density at radius 1 is 1.43 bits per heavy atom. The van der Waals surface area contributed by atoms with E-state index in [0.29, 0.717) is 12.2 Å². The highest BCUT2D eigenvalue weighted by Crippen LogP contribution is 2.14. The van der Waals surface area contributed by atoms with Gasteiger partial charge in [0.1, 0.15) is 5.69 Å². The molecule has 2 rings (SSSR count). The number of carbonyl (C=O) groups is 1. The van der Waals surface area contributed by atoms with Crippen molar-refractivity contribution in [3.05, 3.63) is 59.7 Å². The lowest BCUT2D eigenvalue weighted by molar-refractivity contribution is 0.0934. The highest BCUT2D eigenvalue weighted by atomic mass is 16.1. The van der Waals surface area contributed by atoms with Crippen LogP contribution < -0.4 is 11.1 Å². The van der Waals surface area contributed by atoms with E-state index < -0.39 is 0 Å². The Morgan fingerprint density at radius 3 is 3.00 bits per heavy atom. The van der Waals surface area contributed by atoms with Crippen LogP contribution in [0.15, 0.2) is 42.9 Å². The molecule has 0 fully saturated rings. The van der Waals surface area contributed by atoms with Crippen LogP contribution in [0.1, 0.15) is 34.6 Å². The van der Waals surface area contributed by atoms with Gasteiger partial charge in [-0.25, -0.2) is 4.98 Å². The highest BCUT2D eigenvalue weighted by molar-refractivity contribution is 5.92. The van der Waals surface area contributed by atoms with Crippen LogP contribution in [0, 0.1) is 11.8 Å². The smallest absolute Gasteiger partial charge is 0.271 e. The van der Waals surface area contributed by atoms with Gasteiger partial charge >= 0.3 is 0 Å². The van der Waals surface area contributed by atoms with Gasteiger partial charge in [-0.3, -0.25) is 9.78 Å². The third kappa shape index (κ3) is 4.13. The molecule has 0 radical (unpaired) electrons. The summed E-state index contributed by atoms with van der Waals surface area (Å²) in [7, 11) is 0. The summed E-state index contributed by atoms with van der Waals surface area (Å²) in [5.41, 5.74) is 7.50. The van der Waals surface area contributed by atoms with E-state index in [1.54, 1.807) is 0 Å². The number of rotatable bonds is 3. The standard InChI is InChI=1S/C16H16N4O/c1-12(20-16(21)15-11-18-8-9-19-15)14-6-2-4-13(10-14)5-3-7-17/h2,4,6,8-12H,7,17H2,1H3,(H,20,21). The zero-order valence-corrected chi connectivity index (χ0v) is 11.7. The first-order valence-electron chi connectivity index (χ1n) is 6.56. The number of amides is 1. The van der Waals surface area contributed by atoms with E-state index in [9.17, 15) is 4.79 Å². The SMILES string of the molecule is CC(NC(=O)c1cnccn1)c1cccc(C#CCN)c1. The molecular weight excluding hydrogens is 264 g/mol. The van der Waals surface area contributed by atoms with Crippen LogP contribution in [-0.2, 0) is 0 Å². The molecule has 0 aliphatic heterocycles. The summed E-state index contributed by atoms with van der Waals surface area (Å²) < 4.78 is 0. The fourth-order valence-electron chi connectivity index (χ4n) is 1.81. The summed E-state index contributed by atoms with van der Waals surface area (Å²) in [4.78, 5) is 19.9. The van der Waals surface area contributed by atoms with E-state index in [-0.39, 0.29) is 11.9 Å². The number of hydrogen-bond acceptors (Lipinski definition) is 4. The maximum absolute atomic E-state index is 12.0. The third-order valence-corrected chi connectivity index (χ3v) is 2.86. The normalized spacial score (nSPS) is 11.1. The molecule has 1 aromatic carbocycles. The molecule has 21 heavy (non-hydrogen) atoms. The number of nitrogens with two attached hydrogens (primary N) is 1. The Morgan fingerprint density at radius 2 is 2.29 bits per heavy atom. The van der Waals surface area contributed by atoms with Gasteiger partial charge in [0.2, 0.25) is 0 Å². The lowest BCUT2D eigenvalue weighted by atomic mass is 10.1. The molecule has 5 heteroatoms. The van der Waals surface area contributed by atoms with E-state index in [1.165, 1.54) is 18.6 Å². The second-order valence-electron chi connectivity index (χ2n) is 4.42. The topological polar surface area (TPSA) is 80.9 Å². The van der Waals surface area contributed by atoms with Crippen molar-refractivity contribution in [1.82, 2.24) is 15.3 Å². The Balaban J connectivity index is 2.10. The Hall–Kier alpha value is -2.71. The van der Waals surface area contributed by atoms with E-state index in [1.807, 2.05) is 31.2 Å². The number of carbonyl (C=O) groups excluding carboxylic acids is 1. The van der Waals surface area contributed by atoms with Gasteiger partial charge in [0.05, 0.1) is 18.8 Å². The summed E-state index contributed by atoms with van der Waals surface area (Å²) >= 11 is 0. The minimum Gasteiger partial charge on any atom is -0.344 e. The van der Waals surface area contributed by atoms with Crippen LogP contribution in [0.4, 0.5) is 0 Å². The second-order valence-corrected chi connectivity index (χ2v) is 4.42. The summed E-state index contributed by atoms with van der Waals surface area (Å²) in [6.45, 7) is 2.23. The number of nitrogens with one attached hydrogen (secondary N) is 1. The van der Waals surface area contributed by atoms with Gasteiger partial charge in [0, 0.05) is 18.0 Å². The van der Waals surface area contributed by atoms with E-state index in [2.05, 4.69) is 27.1 Å². The van der Waals surface area contributed by atoms with Crippen molar-refractivity contribution in [2.24, 2.45) is 5.73 Å². The van der Waals surface area contributed by atoms with Crippen LogP contribution in [0.2, 0.25) is 0 Å². The van der Waals surface area contributed by atoms with Gasteiger partial charge in [0.25, 0.3) is 5.91 Å². The molecule has 3 N–H and O–H groups in total. The van der Waals surface area contributed by atoms with Crippen molar-refractivity contribution < 1.29 is 4.79 Å². The second kappa shape index (κ2) is 7.17. The molecule has 0 bridgehead atoms. The monoisotopic (exact) mass is 280 g/mol. The van der Waals surface area contributed by atoms with Gasteiger partial charge < -0.3 is 11.1 Å². The zero-order chi connectivity index (χ0) is 15.1. The third-order valence-electron chi connectivity index (χ3n) is 2.86. The molecule has 0 spiro atoms. The molecule has 0 aliphatic carbocycles. The van der Waals surface area contributed by atoms with E-state index in [4.69, 9.17) is 5.73 Å². The van der Waals surface area contributed by atoms with Crippen LogP contribution >= 0.6 is 0 Å². The van der Waals surface area contributed by atoms with Crippen molar-refractivity contribution in [2.45, 2.75) is 13.0 Å². The molecular formula is C16H16N4O. The molecule has 0 saturated carbocycles. The molecule has 0 saturated heterocycles. The average Bonchev–Trinajstić information content (AvgIpc) is 2.54. The molecule has 1 amide bonds. The molecule has 1 atom stereocenters. The predicted octanol–water partition coefficient (Wildman–Crippen LogP) is 1.28. The lowest BCUT2D eigenvalue weighted by Crippen LogP contribution is -2.27. The predicted molar refractivity (Wildman–Crippen MR) is 80.3 cm³/mol. The molecule has 2 aromatic rings. The fourth-order valence-corrected chi connectivity index (χ4v) is 1.81. The summed E-state index contributed by atoms with van der Waals surface area (Å²) in [5, 5.41) is 2.88. The van der Waals surface area contributed by atoms with Gasteiger partial charge in [-0.15, -0.1) is 0 Å². The quantitative estimate of drug-likeness (QED) is 0.830. The fraction of sp³-hybridized carbons (Fsp3) is 0.188. The van der Waals surface area contributed by atoms with E-state index >= 15 is 0 Å². The maximum atomic E-state index is 12.0. The van der Waals surface area contributed by atoms with Crippen molar-refractivity contribution in [3.63, 3.8) is 0 Å². The van der Waals surface area contributed by atoms with Crippen molar-refractivity contribution >= 4 is 5.91 Å². The Kier molecular flexibility index (Phi) is 5.02. The molecule has 106 valence electrons. The minimum atomic E-state index is -0.256. The molecule has 0 aliphatic rings. The minimum absolute atomic E-state index is 0.154. The van der Waals surface area contributed by atoms with Gasteiger partial charge in [-0.2, -0.15) is 0 Å². The number of hydrogen-bond donors (Lipinski definition) is 2. The first kappa shape index (κ1) is 14.7. The number of benzene rings is 1. The van der Waals surface area contributed by atoms with Crippen LogP contribution in [0.5, 0.6) is 0 Å². The Bertz CT molecular complexity index is 673. The zero-order valence-electron chi connectivity index (χ0n) is 11.7. The summed E-state index contributed by atoms with van der Waals surface area (Å²) in [6, 6.07) is 7.53. The first-order valence-corrected chi connectivity index (χ1v) is 6.56. The summed E-state index contributed by atoms with van der Waals surface area (Å²) in [6.07, 6.45) is 4.45. The van der Waals surface area contributed by atoms with Gasteiger partial charge in [0.15, 0.2) is 0 Å². The maximum Gasteiger partial charge on any atom is 0.271 e.